The molecule has 0 unspecified atom stereocenters. The number of halogens is 2. The zero-order valence-corrected chi connectivity index (χ0v) is 12.9. The van der Waals surface area contributed by atoms with E-state index in [1.165, 1.54) is 6.07 Å². The van der Waals surface area contributed by atoms with Crippen molar-refractivity contribution in [1.82, 2.24) is 0 Å². The third kappa shape index (κ3) is 3.69. The van der Waals surface area contributed by atoms with E-state index in [-0.39, 0.29) is 17.5 Å². The molecule has 0 saturated heterocycles. The van der Waals surface area contributed by atoms with E-state index in [1.54, 1.807) is 30.3 Å². The maximum Gasteiger partial charge on any atom is 0.311 e. The highest BCUT2D eigenvalue weighted by atomic mass is 35.5. The second kappa shape index (κ2) is 6.83. The van der Waals surface area contributed by atoms with Crippen LogP contribution in [0.4, 0.5) is 0 Å². The number of esters is 1. The van der Waals surface area contributed by atoms with Gasteiger partial charge in [-0.05, 0) is 30.7 Å². The first kappa shape index (κ1) is 15.7. The van der Waals surface area contributed by atoms with Crippen LogP contribution in [0.1, 0.15) is 19.8 Å². The molecule has 0 heterocycles. The Morgan fingerprint density at radius 2 is 2.00 bits per heavy atom. The molecule has 1 N–H and O–H groups in total. The molecule has 0 aliphatic carbocycles. The third-order valence-electron chi connectivity index (χ3n) is 2.88. The van der Waals surface area contributed by atoms with Gasteiger partial charge in [-0.25, -0.2) is 0 Å². The molecule has 0 radical (unpaired) electrons. The molecule has 0 fully saturated rings. The lowest BCUT2D eigenvalue weighted by molar-refractivity contribution is -0.134. The van der Waals surface area contributed by atoms with Crippen LogP contribution in [0.15, 0.2) is 36.4 Å². The first-order chi connectivity index (χ1) is 10.0. The van der Waals surface area contributed by atoms with Crippen LogP contribution >= 0.6 is 23.2 Å². The average Bonchev–Trinajstić information content (AvgIpc) is 2.41. The molecule has 3 nitrogen and oxygen atoms in total. The van der Waals surface area contributed by atoms with Gasteiger partial charge in [-0.15, -0.1) is 0 Å². The Balaban J connectivity index is 2.49. The Labute approximate surface area is 133 Å². The number of carbonyl (C=O) groups excluding carboxylic acids is 1. The van der Waals surface area contributed by atoms with Crippen molar-refractivity contribution in [1.29, 1.82) is 0 Å². The Morgan fingerprint density at radius 3 is 2.67 bits per heavy atom. The van der Waals surface area contributed by atoms with Crippen LogP contribution in [0.3, 0.4) is 0 Å². The number of hydrogen-bond donors (Lipinski definition) is 1. The molecule has 5 heteroatoms. The summed E-state index contributed by atoms with van der Waals surface area (Å²) in [6, 6.07) is 9.65. The summed E-state index contributed by atoms with van der Waals surface area (Å²) in [5, 5.41) is 11.0. The van der Waals surface area contributed by atoms with E-state index in [9.17, 15) is 9.90 Å². The molecule has 0 aliphatic heterocycles. The highest BCUT2D eigenvalue weighted by Gasteiger charge is 2.17. The number of ether oxygens (including phenoxy) is 1. The van der Waals surface area contributed by atoms with Gasteiger partial charge in [0.1, 0.15) is 11.5 Å². The monoisotopic (exact) mass is 324 g/mol. The maximum absolute atomic E-state index is 11.7. The van der Waals surface area contributed by atoms with E-state index >= 15 is 0 Å². The second-order valence-corrected chi connectivity index (χ2v) is 5.34. The van der Waals surface area contributed by atoms with Gasteiger partial charge in [0.25, 0.3) is 0 Å². The lowest BCUT2D eigenvalue weighted by Gasteiger charge is -2.13. The number of hydrogen-bond acceptors (Lipinski definition) is 3. The molecule has 0 bridgehead atoms. The Hall–Kier alpha value is -1.71. The SMILES string of the molecule is CCCC(=O)Oc1cccc(O)c1-c1ccc(Cl)cc1Cl. The van der Waals surface area contributed by atoms with Crippen molar-refractivity contribution in [2.75, 3.05) is 0 Å². The van der Waals surface area contributed by atoms with Gasteiger partial charge in [-0.3, -0.25) is 4.79 Å². The van der Waals surface area contributed by atoms with Crippen LogP contribution < -0.4 is 4.74 Å². The molecule has 0 aliphatic rings. The van der Waals surface area contributed by atoms with Crippen molar-refractivity contribution in [3.8, 4) is 22.6 Å². The molecule has 2 rings (SSSR count). The Kier molecular flexibility index (Phi) is 5.10. The molecule has 0 amide bonds. The molecule has 0 atom stereocenters. The first-order valence-electron chi connectivity index (χ1n) is 6.51. The van der Waals surface area contributed by atoms with Crippen LogP contribution in [0.2, 0.25) is 10.0 Å². The zero-order chi connectivity index (χ0) is 15.4. The molecule has 2 aromatic carbocycles. The fourth-order valence-corrected chi connectivity index (χ4v) is 2.45. The highest BCUT2D eigenvalue weighted by molar-refractivity contribution is 6.36. The molecule has 21 heavy (non-hydrogen) atoms. The molecular weight excluding hydrogens is 311 g/mol. The second-order valence-electron chi connectivity index (χ2n) is 4.50. The third-order valence-corrected chi connectivity index (χ3v) is 3.43. The van der Waals surface area contributed by atoms with Crippen molar-refractivity contribution < 1.29 is 14.6 Å². The van der Waals surface area contributed by atoms with E-state index in [1.807, 2.05) is 6.92 Å². The molecule has 110 valence electrons. The van der Waals surface area contributed by atoms with Crippen molar-refractivity contribution in [3.05, 3.63) is 46.4 Å². The minimum absolute atomic E-state index is 0.0129. The van der Waals surface area contributed by atoms with Crippen LogP contribution in [0.5, 0.6) is 11.5 Å². The minimum atomic E-state index is -0.352. The maximum atomic E-state index is 11.7. The van der Waals surface area contributed by atoms with Gasteiger partial charge in [-0.2, -0.15) is 0 Å². The number of aromatic hydroxyl groups is 1. The zero-order valence-electron chi connectivity index (χ0n) is 11.4. The number of benzene rings is 2. The highest BCUT2D eigenvalue weighted by Crippen LogP contribution is 2.41. The number of phenols is 1. The summed E-state index contributed by atoms with van der Waals surface area (Å²) in [5.74, 6) is -0.0897. The van der Waals surface area contributed by atoms with Crippen molar-refractivity contribution in [3.63, 3.8) is 0 Å². The Morgan fingerprint density at radius 1 is 1.24 bits per heavy atom. The smallest absolute Gasteiger partial charge is 0.311 e. The van der Waals surface area contributed by atoms with E-state index in [4.69, 9.17) is 27.9 Å². The van der Waals surface area contributed by atoms with Gasteiger partial charge >= 0.3 is 5.97 Å². The number of carbonyl (C=O) groups is 1. The number of phenolic OH excluding ortho intramolecular Hbond substituents is 1. The summed E-state index contributed by atoms with van der Waals surface area (Å²) >= 11 is 12.0. The summed E-state index contributed by atoms with van der Waals surface area (Å²) in [7, 11) is 0. The summed E-state index contributed by atoms with van der Waals surface area (Å²) in [6.45, 7) is 1.89. The largest absolute Gasteiger partial charge is 0.507 e. The quantitative estimate of drug-likeness (QED) is 0.630. The first-order valence-corrected chi connectivity index (χ1v) is 7.26. The van der Waals surface area contributed by atoms with Crippen molar-refractivity contribution in [2.24, 2.45) is 0 Å². The van der Waals surface area contributed by atoms with Crippen LogP contribution in [0.25, 0.3) is 11.1 Å². The van der Waals surface area contributed by atoms with Gasteiger partial charge in [0.2, 0.25) is 0 Å². The van der Waals surface area contributed by atoms with E-state index in [0.717, 1.165) is 0 Å². The summed E-state index contributed by atoms with van der Waals surface area (Å²) in [5.41, 5.74) is 0.932. The molecule has 0 spiro atoms. The van der Waals surface area contributed by atoms with Gasteiger partial charge in [0, 0.05) is 17.0 Å². The summed E-state index contributed by atoms with van der Waals surface area (Å²) < 4.78 is 5.32. The summed E-state index contributed by atoms with van der Waals surface area (Å²) in [4.78, 5) is 11.7. The molecule has 2 aromatic rings. The van der Waals surface area contributed by atoms with Crippen LogP contribution in [0, 0.1) is 0 Å². The van der Waals surface area contributed by atoms with Gasteiger partial charge in [0.05, 0.1) is 10.6 Å². The average molecular weight is 325 g/mol. The summed E-state index contributed by atoms with van der Waals surface area (Å²) in [6.07, 6.45) is 0.998. The molecule has 0 saturated carbocycles. The van der Waals surface area contributed by atoms with Crippen LogP contribution in [-0.4, -0.2) is 11.1 Å². The lowest BCUT2D eigenvalue weighted by Crippen LogP contribution is -2.07. The standard InChI is InChI=1S/C16H14Cl2O3/c1-2-4-15(20)21-14-6-3-5-13(19)16(14)11-8-7-10(17)9-12(11)18/h3,5-9,19H,2,4H2,1H3. The van der Waals surface area contributed by atoms with Gasteiger partial charge < -0.3 is 9.84 Å². The molecule has 0 aromatic heterocycles. The topological polar surface area (TPSA) is 46.5 Å². The van der Waals surface area contributed by atoms with E-state index < -0.39 is 0 Å². The van der Waals surface area contributed by atoms with Crippen molar-refractivity contribution >= 4 is 29.2 Å². The molecular formula is C16H14Cl2O3. The minimum Gasteiger partial charge on any atom is -0.507 e. The van der Waals surface area contributed by atoms with Gasteiger partial charge in [0.15, 0.2) is 0 Å². The van der Waals surface area contributed by atoms with E-state index in [0.29, 0.717) is 34.0 Å². The Bertz CT molecular complexity index is 669. The van der Waals surface area contributed by atoms with Crippen molar-refractivity contribution in [2.45, 2.75) is 19.8 Å². The fraction of sp³-hybridized carbons (Fsp3) is 0.188. The fourth-order valence-electron chi connectivity index (χ4n) is 1.95. The number of rotatable bonds is 4. The normalized spacial score (nSPS) is 10.4. The van der Waals surface area contributed by atoms with E-state index in [2.05, 4.69) is 0 Å². The van der Waals surface area contributed by atoms with Crippen LogP contribution in [-0.2, 0) is 4.79 Å². The van der Waals surface area contributed by atoms with Gasteiger partial charge in [-0.1, -0.05) is 42.3 Å². The lowest BCUT2D eigenvalue weighted by atomic mass is 10.0. The predicted molar refractivity (Wildman–Crippen MR) is 84.1 cm³/mol. The predicted octanol–water partition coefficient (Wildman–Crippen LogP) is 5.07.